The SMILES string of the molecule is O=[N+]([O-])c1cc(Br)ccc1C1=NCCO1. The second-order valence-electron chi connectivity index (χ2n) is 2.95. The third-order valence-corrected chi connectivity index (χ3v) is 2.47. The van der Waals surface area contributed by atoms with E-state index in [1.807, 2.05) is 0 Å². The molecule has 0 N–H and O–H groups in total. The summed E-state index contributed by atoms with van der Waals surface area (Å²) in [6.45, 7) is 1.05. The lowest BCUT2D eigenvalue weighted by atomic mass is 10.2. The van der Waals surface area contributed by atoms with Crippen LogP contribution < -0.4 is 0 Å². The van der Waals surface area contributed by atoms with Gasteiger partial charge in [0.05, 0.1) is 11.5 Å². The molecule has 1 aromatic carbocycles. The van der Waals surface area contributed by atoms with Crippen LogP contribution in [0.1, 0.15) is 5.56 Å². The van der Waals surface area contributed by atoms with Crippen molar-refractivity contribution in [3.05, 3.63) is 38.3 Å². The van der Waals surface area contributed by atoms with E-state index in [0.717, 1.165) is 0 Å². The molecule has 0 radical (unpaired) electrons. The van der Waals surface area contributed by atoms with Gasteiger partial charge in [0.2, 0.25) is 5.90 Å². The highest BCUT2D eigenvalue weighted by Gasteiger charge is 2.21. The van der Waals surface area contributed by atoms with E-state index < -0.39 is 4.92 Å². The van der Waals surface area contributed by atoms with Gasteiger partial charge in [0, 0.05) is 10.5 Å². The summed E-state index contributed by atoms with van der Waals surface area (Å²) in [5.41, 5.74) is 0.436. The zero-order valence-electron chi connectivity index (χ0n) is 7.64. The van der Waals surface area contributed by atoms with E-state index in [1.54, 1.807) is 12.1 Å². The molecule has 0 bridgehead atoms. The van der Waals surface area contributed by atoms with Gasteiger partial charge >= 0.3 is 0 Å². The number of rotatable bonds is 2. The Labute approximate surface area is 94.0 Å². The average molecular weight is 271 g/mol. The number of hydrogen-bond donors (Lipinski definition) is 0. The first kappa shape index (κ1) is 10.1. The van der Waals surface area contributed by atoms with Gasteiger partial charge in [-0.25, -0.2) is 4.99 Å². The zero-order chi connectivity index (χ0) is 10.8. The minimum absolute atomic E-state index is 0.00465. The number of halogens is 1. The summed E-state index contributed by atoms with van der Waals surface area (Å²) >= 11 is 3.19. The quantitative estimate of drug-likeness (QED) is 0.611. The third-order valence-electron chi connectivity index (χ3n) is 1.97. The van der Waals surface area contributed by atoms with Gasteiger partial charge < -0.3 is 4.74 Å². The molecule has 0 unspecified atom stereocenters. The number of benzene rings is 1. The molecular formula is C9H7BrN2O3. The first-order valence-corrected chi connectivity index (χ1v) is 5.09. The summed E-state index contributed by atoms with van der Waals surface area (Å²) in [4.78, 5) is 14.4. The molecule has 6 heteroatoms. The Balaban J connectivity index is 2.50. The van der Waals surface area contributed by atoms with Crippen LogP contribution in [-0.2, 0) is 4.74 Å². The summed E-state index contributed by atoms with van der Waals surface area (Å²) in [7, 11) is 0. The molecule has 5 nitrogen and oxygen atoms in total. The summed E-state index contributed by atoms with van der Waals surface area (Å²) in [6.07, 6.45) is 0. The Morgan fingerprint density at radius 1 is 1.53 bits per heavy atom. The highest BCUT2D eigenvalue weighted by atomic mass is 79.9. The monoisotopic (exact) mass is 270 g/mol. The van der Waals surface area contributed by atoms with Crippen molar-refractivity contribution in [3.8, 4) is 0 Å². The average Bonchev–Trinajstić information content (AvgIpc) is 2.70. The second kappa shape index (κ2) is 3.98. The van der Waals surface area contributed by atoms with Crippen molar-refractivity contribution in [2.45, 2.75) is 0 Å². The van der Waals surface area contributed by atoms with E-state index in [9.17, 15) is 10.1 Å². The predicted molar refractivity (Wildman–Crippen MR) is 58.2 cm³/mol. The Kier molecular flexibility index (Phi) is 2.68. The van der Waals surface area contributed by atoms with Crippen LogP contribution in [-0.4, -0.2) is 24.0 Å². The Hall–Kier alpha value is -1.43. The molecule has 78 valence electrons. The van der Waals surface area contributed by atoms with E-state index in [4.69, 9.17) is 4.74 Å². The molecule has 1 aliphatic heterocycles. The lowest BCUT2D eigenvalue weighted by molar-refractivity contribution is -0.385. The zero-order valence-corrected chi connectivity index (χ0v) is 9.23. The van der Waals surface area contributed by atoms with Crippen molar-refractivity contribution in [1.29, 1.82) is 0 Å². The van der Waals surface area contributed by atoms with Crippen molar-refractivity contribution >= 4 is 27.5 Å². The van der Waals surface area contributed by atoms with Gasteiger partial charge in [0.1, 0.15) is 12.2 Å². The van der Waals surface area contributed by atoms with Crippen LogP contribution in [0.2, 0.25) is 0 Å². The fourth-order valence-corrected chi connectivity index (χ4v) is 1.68. The van der Waals surface area contributed by atoms with Crippen LogP contribution in [0.3, 0.4) is 0 Å². The largest absolute Gasteiger partial charge is 0.475 e. The minimum Gasteiger partial charge on any atom is -0.475 e. The summed E-state index contributed by atoms with van der Waals surface area (Å²) in [6, 6.07) is 4.80. The molecular weight excluding hydrogens is 264 g/mol. The molecule has 0 fully saturated rings. The van der Waals surface area contributed by atoms with Gasteiger partial charge in [-0.05, 0) is 12.1 Å². The van der Waals surface area contributed by atoms with Gasteiger partial charge in [0.25, 0.3) is 5.69 Å². The number of nitro benzene ring substituents is 1. The van der Waals surface area contributed by atoms with Crippen LogP contribution in [0.25, 0.3) is 0 Å². The number of aliphatic imine (C=N–C) groups is 1. The summed E-state index contributed by atoms with van der Waals surface area (Å²) < 4.78 is 5.86. The highest BCUT2D eigenvalue weighted by Crippen LogP contribution is 2.25. The molecule has 0 amide bonds. The standard InChI is InChI=1S/C9H7BrN2O3/c10-6-1-2-7(8(5-6)12(13)14)9-11-3-4-15-9/h1-2,5H,3-4H2. The molecule has 0 aliphatic carbocycles. The van der Waals surface area contributed by atoms with E-state index in [1.165, 1.54) is 6.07 Å². The van der Waals surface area contributed by atoms with Gasteiger partial charge in [-0.15, -0.1) is 0 Å². The van der Waals surface area contributed by atoms with Gasteiger partial charge in [0.15, 0.2) is 0 Å². The predicted octanol–water partition coefficient (Wildman–Crippen LogP) is 2.13. The molecule has 0 saturated heterocycles. The van der Waals surface area contributed by atoms with Gasteiger partial charge in [-0.3, -0.25) is 10.1 Å². The Bertz CT molecular complexity index is 445. The number of ether oxygens (including phenoxy) is 1. The van der Waals surface area contributed by atoms with Crippen LogP contribution in [0.15, 0.2) is 27.7 Å². The van der Waals surface area contributed by atoms with Crippen molar-refractivity contribution in [3.63, 3.8) is 0 Å². The fourth-order valence-electron chi connectivity index (χ4n) is 1.33. The lowest BCUT2D eigenvalue weighted by Crippen LogP contribution is -2.05. The third kappa shape index (κ3) is 1.99. The molecule has 1 aromatic rings. The number of hydrogen-bond acceptors (Lipinski definition) is 4. The number of nitrogens with zero attached hydrogens (tertiary/aromatic N) is 2. The van der Waals surface area contributed by atoms with Crippen LogP contribution in [0.5, 0.6) is 0 Å². The summed E-state index contributed by atoms with van der Waals surface area (Å²) in [5.74, 6) is 0.356. The maximum absolute atomic E-state index is 10.8. The van der Waals surface area contributed by atoms with Crippen molar-refractivity contribution in [2.24, 2.45) is 4.99 Å². The Morgan fingerprint density at radius 2 is 2.33 bits per heavy atom. The molecule has 0 aromatic heterocycles. The maximum Gasteiger partial charge on any atom is 0.283 e. The molecule has 1 aliphatic rings. The fraction of sp³-hybridized carbons (Fsp3) is 0.222. The number of nitro groups is 1. The molecule has 15 heavy (non-hydrogen) atoms. The first-order valence-electron chi connectivity index (χ1n) is 4.30. The topological polar surface area (TPSA) is 64.7 Å². The van der Waals surface area contributed by atoms with Crippen molar-refractivity contribution < 1.29 is 9.66 Å². The minimum atomic E-state index is -0.440. The van der Waals surface area contributed by atoms with Crippen molar-refractivity contribution in [1.82, 2.24) is 0 Å². The lowest BCUT2D eigenvalue weighted by Gasteiger charge is -2.02. The van der Waals surface area contributed by atoms with Crippen LogP contribution >= 0.6 is 15.9 Å². The van der Waals surface area contributed by atoms with E-state index >= 15 is 0 Å². The van der Waals surface area contributed by atoms with E-state index in [-0.39, 0.29) is 5.69 Å². The molecule has 0 spiro atoms. The Morgan fingerprint density at radius 3 is 2.93 bits per heavy atom. The molecule has 2 rings (SSSR count). The van der Waals surface area contributed by atoms with Gasteiger partial charge in [-0.2, -0.15) is 0 Å². The highest BCUT2D eigenvalue weighted by molar-refractivity contribution is 9.10. The maximum atomic E-state index is 10.8. The second-order valence-corrected chi connectivity index (χ2v) is 3.87. The van der Waals surface area contributed by atoms with E-state index in [0.29, 0.717) is 29.1 Å². The first-order chi connectivity index (χ1) is 7.18. The molecule has 0 atom stereocenters. The molecule has 1 heterocycles. The summed E-state index contributed by atoms with van der Waals surface area (Å²) in [5, 5.41) is 10.8. The van der Waals surface area contributed by atoms with E-state index in [2.05, 4.69) is 20.9 Å². The van der Waals surface area contributed by atoms with Gasteiger partial charge in [-0.1, -0.05) is 15.9 Å². The van der Waals surface area contributed by atoms with Crippen molar-refractivity contribution in [2.75, 3.05) is 13.2 Å². The van der Waals surface area contributed by atoms with Crippen LogP contribution in [0, 0.1) is 10.1 Å². The normalized spacial score (nSPS) is 14.6. The smallest absolute Gasteiger partial charge is 0.283 e. The molecule has 0 saturated carbocycles. The van der Waals surface area contributed by atoms with Crippen LogP contribution in [0.4, 0.5) is 5.69 Å².